The van der Waals surface area contributed by atoms with Crippen LogP contribution in [0.2, 0.25) is 0 Å². The Kier molecular flexibility index (Phi) is 7.66. The van der Waals surface area contributed by atoms with Crippen molar-refractivity contribution in [3.05, 3.63) is 42.0 Å². The van der Waals surface area contributed by atoms with Crippen LogP contribution in [0.1, 0.15) is 51.0 Å². The lowest BCUT2D eigenvalue weighted by atomic mass is 9.95. The molecule has 2 heterocycles. The van der Waals surface area contributed by atoms with Crippen LogP contribution in [-0.2, 0) is 14.3 Å². The molecule has 152 valence electrons. The Bertz CT molecular complexity index is 660. The van der Waals surface area contributed by atoms with Crippen LogP contribution >= 0.6 is 0 Å². The Balaban J connectivity index is 1.37. The van der Waals surface area contributed by atoms with E-state index in [1.807, 2.05) is 41.3 Å². The molecule has 2 aliphatic rings. The zero-order valence-electron chi connectivity index (χ0n) is 16.8. The lowest BCUT2D eigenvalue weighted by molar-refractivity contribution is -0.132. The van der Waals surface area contributed by atoms with E-state index in [-0.39, 0.29) is 23.8 Å². The molecule has 1 N–H and O–H groups in total. The Hall–Kier alpha value is -2.14. The normalized spacial score (nSPS) is 21.8. The van der Waals surface area contributed by atoms with Crippen molar-refractivity contribution in [2.75, 3.05) is 19.7 Å². The Labute approximate surface area is 168 Å². The number of piperidine rings is 1. The third-order valence-corrected chi connectivity index (χ3v) is 5.73. The van der Waals surface area contributed by atoms with Crippen molar-refractivity contribution in [1.82, 2.24) is 10.2 Å². The van der Waals surface area contributed by atoms with E-state index in [4.69, 9.17) is 4.74 Å². The average Bonchev–Trinajstić information content (AvgIpc) is 3.25. The second-order valence-corrected chi connectivity index (χ2v) is 7.97. The number of hydrogen-bond acceptors (Lipinski definition) is 3. The molecule has 2 atom stereocenters. The molecule has 2 fully saturated rings. The van der Waals surface area contributed by atoms with Gasteiger partial charge in [0.05, 0.1) is 6.10 Å². The minimum Gasteiger partial charge on any atom is -0.378 e. The number of carbonyl (C=O) groups excluding carboxylic acids is 2. The van der Waals surface area contributed by atoms with Crippen LogP contribution in [0.25, 0.3) is 6.08 Å². The first kappa shape index (κ1) is 20.6. The van der Waals surface area contributed by atoms with Gasteiger partial charge in [0.1, 0.15) is 0 Å². The van der Waals surface area contributed by atoms with Gasteiger partial charge < -0.3 is 15.0 Å². The summed E-state index contributed by atoms with van der Waals surface area (Å²) in [5.74, 6) is 0.159. The number of benzene rings is 1. The standard InChI is InChI=1S/C23H32N2O3/c1-18(9-11-21-8-5-17-28-21)24-23(27)20-13-15-25(16-14-20)22(26)12-10-19-6-3-2-4-7-19/h2-4,6-7,10,12,18,20-21H,5,8-9,11,13-17H2,1H3,(H,24,27)/b12-10+. The topological polar surface area (TPSA) is 58.6 Å². The van der Waals surface area contributed by atoms with Crippen LogP contribution < -0.4 is 5.32 Å². The highest BCUT2D eigenvalue weighted by atomic mass is 16.5. The number of ether oxygens (including phenoxy) is 1. The van der Waals surface area contributed by atoms with E-state index >= 15 is 0 Å². The first-order valence-corrected chi connectivity index (χ1v) is 10.6. The molecule has 0 aromatic heterocycles. The lowest BCUT2D eigenvalue weighted by Crippen LogP contribution is -2.44. The van der Waals surface area contributed by atoms with Crippen molar-refractivity contribution < 1.29 is 14.3 Å². The van der Waals surface area contributed by atoms with Crippen LogP contribution in [-0.4, -0.2) is 48.6 Å². The van der Waals surface area contributed by atoms with Crippen LogP contribution in [0.3, 0.4) is 0 Å². The number of hydrogen-bond donors (Lipinski definition) is 1. The molecule has 0 spiro atoms. The molecule has 2 aliphatic heterocycles. The van der Waals surface area contributed by atoms with Crippen molar-refractivity contribution >= 4 is 17.9 Å². The molecule has 1 aromatic carbocycles. The molecular weight excluding hydrogens is 352 g/mol. The molecule has 0 bridgehead atoms. The molecule has 0 radical (unpaired) electrons. The number of carbonyl (C=O) groups is 2. The predicted molar refractivity (Wildman–Crippen MR) is 111 cm³/mol. The number of nitrogens with zero attached hydrogens (tertiary/aromatic N) is 1. The van der Waals surface area contributed by atoms with E-state index in [2.05, 4.69) is 12.2 Å². The quantitative estimate of drug-likeness (QED) is 0.733. The van der Waals surface area contributed by atoms with Crippen molar-refractivity contribution in [3.63, 3.8) is 0 Å². The van der Waals surface area contributed by atoms with Crippen LogP contribution in [0.15, 0.2) is 36.4 Å². The second-order valence-electron chi connectivity index (χ2n) is 7.97. The largest absolute Gasteiger partial charge is 0.378 e. The van der Waals surface area contributed by atoms with Gasteiger partial charge in [0, 0.05) is 37.7 Å². The fourth-order valence-corrected chi connectivity index (χ4v) is 3.94. The minimum atomic E-state index is 0.00679. The number of likely N-dealkylation sites (tertiary alicyclic amines) is 1. The molecule has 5 nitrogen and oxygen atoms in total. The molecule has 3 rings (SSSR count). The molecule has 5 heteroatoms. The zero-order chi connectivity index (χ0) is 19.8. The summed E-state index contributed by atoms with van der Waals surface area (Å²) in [5, 5.41) is 3.15. The summed E-state index contributed by atoms with van der Waals surface area (Å²) >= 11 is 0. The Morgan fingerprint density at radius 1 is 1.21 bits per heavy atom. The summed E-state index contributed by atoms with van der Waals surface area (Å²) in [6.07, 6.45) is 9.58. The van der Waals surface area contributed by atoms with Gasteiger partial charge in [0.2, 0.25) is 11.8 Å². The molecular formula is C23H32N2O3. The average molecular weight is 385 g/mol. The smallest absolute Gasteiger partial charge is 0.246 e. The minimum absolute atomic E-state index is 0.00679. The van der Waals surface area contributed by atoms with E-state index in [0.29, 0.717) is 19.2 Å². The van der Waals surface area contributed by atoms with Crippen LogP contribution in [0.4, 0.5) is 0 Å². The van der Waals surface area contributed by atoms with Crippen LogP contribution in [0.5, 0.6) is 0 Å². The Morgan fingerprint density at radius 2 is 1.96 bits per heavy atom. The monoisotopic (exact) mass is 384 g/mol. The summed E-state index contributed by atoms with van der Waals surface area (Å²) in [4.78, 5) is 26.7. The van der Waals surface area contributed by atoms with Gasteiger partial charge in [-0.05, 0) is 57.1 Å². The maximum absolute atomic E-state index is 12.5. The van der Waals surface area contributed by atoms with Gasteiger partial charge in [0.15, 0.2) is 0 Å². The highest BCUT2D eigenvalue weighted by Crippen LogP contribution is 2.20. The molecule has 2 saturated heterocycles. The highest BCUT2D eigenvalue weighted by Gasteiger charge is 2.27. The summed E-state index contributed by atoms with van der Waals surface area (Å²) in [6, 6.07) is 9.98. The molecule has 2 amide bonds. The maximum atomic E-state index is 12.5. The van der Waals surface area contributed by atoms with E-state index in [1.54, 1.807) is 6.08 Å². The third kappa shape index (κ3) is 6.20. The molecule has 1 aromatic rings. The number of amides is 2. The van der Waals surface area contributed by atoms with Gasteiger partial charge in [0.25, 0.3) is 0 Å². The summed E-state index contributed by atoms with van der Waals surface area (Å²) in [6.45, 7) is 4.23. The van der Waals surface area contributed by atoms with E-state index in [9.17, 15) is 9.59 Å². The van der Waals surface area contributed by atoms with Gasteiger partial charge in [-0.2, -0.15) is 0 Å². The lowest BCUT2D eigenvalue weighted by Gasteiger charge is -2.31. The predicted octanol–water partition coefficient (Wildman–Crippen LogP) is 3.40. The van der Waals surface area contributed by atoms with Crippen molar-refractivity contribution in [3.8, 4) is 0 Å². The van der Waals surface area contributed by atoms with Gasteiger partial charge in [-0.15, -0.1) is 0 Å². The van der Waals surface area contributed by atoms with Crippen LogP contribution in [0, 0.1) is 5.92 Å². The highest BCUT2D eigenvalue weighted by molar-refractivity contribution is 5.92. The van der Waals surface area contributed by atoms with Crippen molar-refractivity contribution in [2.45, 2.75) is 57.6 Å². The Morgan fingerprint density at radius 3 is 2.64 bits per heavy atom. The van der Waals surface area contributed by atoms with E-state index in [1.165, 1.54) is 0 Å². The molecule has 0 saturated carbocycles. The SMILES string of the molecule is CC(CCC1CCCO1)NC(=O)C1CCN(C(=O)/C=C/c2ccccc2)CC1. The van der Waals surface area contributed by atoms with Gasteiger partial charge in [-0.1, -0.05) is 30.3 Å². The maximum Gasteiger partial charge on any atom is 0.246 e. The fraction of sp³-hybridized carbons (Fsp3) is 0.565. The summed E-state index contributed by atoms with van der Waals surface area (Å²) < 4.78 is 5.65. The first-order chi connectivity index (χ1) is 13.6. The van der Waals surface area contributed by atoms with Crippen molar-refractivity contribution in [1.29, 1.82) is 0 Å². The van der Waals surface area contributed by atoms with Gasteiger partial charge in [-0.3, -0.25) is 9.59 Å². The molecule has 2 unspecified atom stereocenters. The van der Waals surface area contributed by atoms with Gasteiger partial charge >= 0.3 is 0 Å². The second kappa shape index (κ2) is 10.4. The van der Waals surface area contributed by atoms with E-state index < -0.39 is 0 Å². The third-order valence-electron chi connectivity index (χ3n) is 5.73. The zero-order valence-corrected chi connectivity index (χ0v) is 16.8. The van der Waals surface area contributed by atoms with Crippen molar-refractivity contribution in [2.24, 2.45) is 5.92 Å². The molecule has 0 aliphatic carbocycles. The number of rotatable bonds is 7. The first-order valence-electron chi connectivity index (χ1n) is 10.6. The van der Waals surface area contributed by atoms with Gasteiger partial charge in [-0.25, -0.2) is 0 Å². The fourth-order valence-electron chi connectivity index (χ4n) is 3.94. The summed E-state index contributed by atoms with van der Waals surface area (Å²) in [7, 11) is 0. The molecule has 28 heavy (non-hydrogen) atoms. The summed E-state index contributed by atoms with van der Waals surface area (Å²) in [5.41, 5.74) is 1.02. The van der Waals surface area contributed by atoms with E-state index in [0.717, 1.165) is 50.7 Å². The number of nitrogens with one attached hydrogen (secondary N) is 1.